The van der Waals surface area contributed by atoms with Crippen LogP contribution in [0.15, 0.2) is 60.0 Å². The molecule has 8 heteroatoms. The molecule has 1 aliphatic heterocycles. The Kier molecular flexibility index (Phi) is 9.12. The highest BCUT2D eigenvalue weighted by Gasteiger charge is 2.38. The molecular weight excluding hydrogens is 508 g/mol. The Bertz CT molecular complexity index is 1300. The number of nitriles is 1. The number of ketones is 1. The normalized spacial score (nSPS) is 16.8. The Morgan fingerprint density at radius 1 is 1.14 bits per heavy atom. The van der Waals surface area contributed by atoms with Gasteiger partial charge >= 0.3 is 0 Å². The molecule has 1 saturated heterocycles. The third kappa shape index (κ3) is 6.65. The molecule has 1 aliphatic rings. The Morgan fingerprint density at radius 3 is 2.73 bits per heavy atom. The molecule has 0 aliphatic carbocycles. The van der Waals surface area contributed by atoms with Crippen molar-refractivity contribution in [2.45, 2.75) is 56.8 Å². The number of likely N-dealkylation sites (tertiary alicyclic amines) is 1. The van der Waals surface area contributed by atoms with Gasteiger partial charge in [-0.2, -0.15) is 5.26 Å². The van der Waals surface area contributed by atoms with Crippen molar-refractivity contribution in [2.75, 3.05) is 6.54 Å². The predicted molar refractivity (Wildman–Crippen MR) is 143 cm³/mol. The van der Waals surface area contributed by atoms with Gasteiger partial charge in [0.25, 0.3) is 5.91 Å². The van der Waals surface area contributed by atoms with Crippen molar-refractivity contribution >= 4 is 34.6 Å². The van der Waals surface area contributed by atoms with Gasteiger partial charge in [-0.3, -0.25) is 9.59 Å². The zero-order chi connectivity index (χ0) is 26.4. The van der Waals surface area contributed by atoms with Gasteiger partial charge in [-0.1, -0.05) is 41.9 Å². The number of benzene rings is 2. The highest BCUT2D eigenvalue weighted by molar-refractivity contribution is 7.10. The van der Waals surface area contributed by atoms with Gasteiger partial charge in [0.05, 0.1) is 17.7 Å². The van der Waals surface area contributed by atoms with E-state index in [-0.39, 0.29) is 12.5 Å². The van der Waals surface area contributed by atoms with Crippen LogP contribution in [0.25, 0.3) is 0 Å². The van der Waals surface area contributed by atoms with Gasteiger partial charge in [0.1, 0.15) is 6.10 Å². The van der Waals surface area contributed by atoms with Gasteiger partial charge in [-0.15, -0.1) is 11.3 Å². The van der Waals surface area contributed by atoms with E-state index in [0.29, 0.717) is 36.4 Å². The minimum Gasteiger partial charge on any atom is -0.382 e. The molecule has 3 aromatic rings. The number of carbonyl (C=O) groups is 2. The Balaban J connectivity index is 1.28. The molecule has 1 amide bonds. The summed E-state index contributed by atoms with van der Waals surface area (Å²) in [6.45, 7) is 0.452. The van der Waals surface area contributed by atoms with Crippen molar-refractivity contribution in [1.29, 1.82) is 5.26 Å². The van der Waals surface area contributed by atoms with E-state index in [1.54, 1.807) is 29.5 Å². The summed E-state index contributed by atoms with van der Waals surface area (Å²) in [7, 11) is 0. The van der Waals surface area contributed by atoms with Crippen molar-refractivity contribution in [1.82, 2.24) is 4.90 Å². The maximum Gasteiger partial charge on any atom is 0.255 e. The Morgan fingerprint density at radius 2 is 1.95 bits per heavy atom. The fourth-order valence-corrected chi connectivity index (χ4v) is 5.94. The van der Waals surface area contributed by atoms with E-state index in [9.17, 15) is 25.1 Å². The number of carbonyl (C=O) groups excluding carboxylic acids is 2. The molecular formula is C29H29ClN2O4S. The average molecular weight is 537 g/mol. The van der Waals surface area contributed by atoms with E-state index >= 15 is 0 Å². The SMILES string of the molecule is N#Cc1ccccc1Cc1csc(CCCC(=O)[C@H](O)[C@@H](O)C(=O)N2CCC[C@@H]2c2cccc(Cl)c2)c1. The number of halogens is 1. The number of Topliss-reactive ketones (excluding diaryl/α,β-unsaturated/α-hetero) is 1. The van der Waals surface area contributed by atoms with Gasteiger partial charge in [-0.25, -0.2) is 0 Å². The predicted octanol–water partition coefficient (Wildman–Crippen LogP) is 4.84. The first-order chi connectivity index (χ1) is 17.9. The van der Waals surface area contributed by atoms with Gasteiger partial charge in [0.2, 0.25) is 0 Å². The highest BCUT2D eigenvalue weighted by Crippen LogP contribution is 2.33. The molecule has 3 atom stereocenters. The number of amides is 1. The molecule has 192 valence electrons. The van der Waals surface area contributed by atoms with E-state index in [4.69, 9.17) is 11.6 Å². The molecule has 0 saturated carbocycles. The smallest absolute Gasteiger partial charge is 0.255 e. The number of aliphatic hydroxyl groups excluding tert-OH is 2. The van der Waals surface area contributed by atoms with Gasteiger partial charge in [0, 0.05) is 22.9 Å². The van der Waals surface area contributed by atoms with Crippen molar-refractivity contribution in [3.05, 3.63) is 92.1 Å². The molecule has 2 N–H and O–H groups in total. The van der Waals surface area contributed by atoms with Crippen LogP contribution in [0.5, 0.6) is 0 Å². The van der Waals surface area contributed by atoms with Crippen molar-refractivity contribution in [3.8, 4) is 6.07 Å². The standard InChI is InChI=1S/C29H29ClN2O4S/c30-23-9-3-8-21(16-23)25-11-5-13-32(25)29(36)28(35)27(34)26(33)12-4-10-24-15-19(18-37-24)14-20-6-1-2-7-22(20)17-31/h1-3,6-9,15-16,18,25,27-28,34-35H,4-5,10-14H2/t25-,27+,28-/m1/s1. The van der Waals surface area contributed by atoms with Crippen molar-refractivity contribution in [3.63, 3.8) is 0 Å². The van der Waals surface area contributed by atoms with E-state index < -0.39 is 23.9 Å². The van der Waals surface area contributed by atoms with E-state index in [2.05, 4.69) is 17.5 Å². The molecule has 0 unspecified atom stereocenters. The quantitative estimate of drug-likeness (QED) is 0.386. The zero-order valence-corrected chi connectivity index (χ0v) is 21.9. The lowest BCUT2D eigenvalue weighted by atomic mass is 10.0. The monoisotopic (exact) mass is 536 g/mol. The molecule has 0 radical (unpaired) electrons. The second-order valence-electron chi connectivity index (χ2n) is 9.32. The Labute approximate surface area is 225 Å². The number of thiophene rings is 1. The molecule has 37 heavy (non-hydrogen) atoms. The minimum atomic E-state index is -1.79. The lowest BCUT2D eigenvalue weighted by molar-refractivity contribution is -0.153. The van der Waals surface area contributed by atoms with Crippen LogP contribution >= 0.6 is 22.9 Å². The van der Waals surface area contributed by atoms with Crippen LogP contribution in [0, 0.1) is 11.3 Å². The number of nitrogens with zero attached hydrogens (tertiary/aromatic N) is 2. The molecule has 1 fully saturated rings. The Hall–Kier alpha value is -3.02. The van der Waals surface area contributed by atoms with E-state index in [0.717, 1.165) is 34.4 Å². The number of hydrogen-bond donors (Lipinski definition) is 2. The summed E-state index contributed by atoms with van der Waals surface area (Å²) in [6, 6.07) is 18.8. The summed E-state index contributed by atoms with van der Waals surface area (Å²) < 4.78 is 0. The molecule has 1 aromatic heterocycles. The summed E-state index contributed by atoms with van der Waals surface area (Å²) in [5.41, 5.74) is 3.62. The average Bonchev–Trinajstić information content (AvgIpc) is 3.57. The maximum absolute atomic E-state index is 13.0. The van der Waals surface area contributed by atoms with Crippen LogP contribution in [0.3, 0.4) is 0 Å². The minimum absolute atomic E-state index is 0.0632. The summed E-state index contributed by atoms with van der Waals surface area (Å²) in [5.74, 6) is -1.18. The fourth-order valence-electron chi connectivity index (χ4n) is 4.81. The van der Waals surface area contributed by atoms with Crippen LogP contribution in [0.4, 0.5) is 0 Å². The third-order valence-electron chi connectivity index (χ3n) is 6.74. The largest absolute Gasteiger partial charge is 0.382 e. The summed E-state index contributed by atoms with van der Waals surface area (Å²) in [4.78, 5) is 28.2. The lowest BCUT2D eigenvalue weighted by Gasteiger charge is -2.28. The number of hydrogen-bond acceptors (Lipinski definition) is 6. The zero-order valence-electron chi connectivity index (χ0n) is 20.3. The van der Waals surface area contributed by atoms with Gasteiger partial charge in [0.15, 0.2) is 11.9 Å². The molecule has 6 nitrogen and oxygen atoms in total. The van der Waals surface area contributed by atoms with Crippen LogP contribution in [0.1, 0.15) is 58.9 Å². The molecule has 4 rings (SSSR count). The highest BCUT2D eigenvalue weighted by atomic mass is 35.5. The first-order valence-corrected chi connectivity index (χ1v) is 13.6. The summed E-state index contributed by atoms with van der Waals surface area (Å²) in [5, 5.41) is 32.9. The second kappa shape index (κ2) is 12.5. The molecule has 0 bridgehead atoms. The number of rotatable bonds is 10. The van der Waals surface area contributed by atoms with Gasteiger partial charge in [-0.05, 0) is 78.4 Å². The number of aryl methyl sites for hydroxylation is 1. The second-order valence-corrected chi connectivity index (χ2v) is 10.8. The van der Waals surface area contributed by atoms with Crippen molar-refractivity contribution < 1.29 is 19.8 Å². The topological polar surface area (TPSA) is 102 Å². The summed E-state index contributed by atoms with van der Waals surface area (Å²) >= 11 is 7.69. The van der Waals surface area contributed by atoms with Crippen LogP contribution in [-0.4, -0.2) is 45.6 Å². The van der Waals surface area contributed by atoms with E-state index in [1.807, 2.05) is 30.3 Å². The van der Waals surface area contributed by atoms with Crippen LogP contribution in [-0.2, 0) is 22.4 Å². The lowest BCUT2D eigenvalue weighted by Crippen LogP contribution is -2.47. The fraction of sp³-hybridized carbons (Fsp3) is 0.345. The van der Waals surface area contributed by atoms with Gasteiger partial charge < -0.3 is 15.1 Å². The van der Waals surface area contributed by atoms with Crippen molar-refractivity contribution in [2.24, 2.45) is 0 Å². The first kappa shape index (κ1) is 27.0. The van der Waals surface area contributed by atoms with Crippen LogP contribution < -0.4 is 0 Å². The maximum atomic E-state index is 13.0. The molecule has 0 spiro atoms. The third-order valence-corrected chi connectivity index (χ3v) is 8.02. The summed E-state index contributed by atoms with van der Waals surface area (Å²) in [6.07, 6.45) is -0.170. The first-order valence-electron chi connectivity index (χ1n) is 12.4. The number of aliphatic hydroxyl groups is 2. The molecule has 2 aromatic carbocycles. The van der Waals surface area contributed by atoms with E-state index in [1.165, 1.54) is 4.90 Å². The van der Waals surface area contributed by atoms with Crippen LogP contribution in [0.2, 0.25) is 5.02 Å². The molecule has 2 heterocycles.